The Morgan fingerprint density at radius 1 is 1.48 bits per heavy atom. The Labute approximate surface area is 151 Å². The van der Waals surface area contributed by atoms with E-state index in [0.29, 0.717) is 6.54 Å². The van der Waals surface area contributed by atoms with Gasteiger partial charge >= 0.3 is 6.03 Å². The standard InChI is InChI=1S/C19H32N4O2/c1-15-6-4-9-20-18(15)14-16(2)22(3)19(25)21-10-5-11-23-12-7-17(24)8-13-23/h4,6,9,16-17,24H,5,7-8,10-14H2,1-3H3,(H,21,25)/t16-/m1/s1. The van der Waals surface area contributed by atoms with Gasteiger partial charge in [-0.3, -0.25) is 4.98 Å². The average Bonchev–Trinajstić information content (AvgIpc) is 2.61. The van der Waals surface area contributed by atoms with Crippen molar-refractivity contribution in [1.82, 2.24) is 20.1 Å². The summed E-state index contributed by atoms with van der Waals surface area (Å²) in [6.07, 6.45) is 5.08. The van der Waals surface area contributed by atoms with Crippen LogP contribution in [-0.4, -0.2) is 71.3 Å². The number of nitrogens with zero attached hydrogens (tertiary/aromatic N) is 3. The number of nitrogens with one attached hydrogen (secondary N) is 1. The number of hydrogen-bond donors (Lipinski definition) is 2. The van der Waals surface area contributed by atoms with Gasteiger partial charge in [0.25, 0.3) is 0 Å². The highest BCUT2D eigenvalue weighted by molar-refractivity contribution is 5.74. The van der Waals surface area contributed by atoms with Crippen molar-refractivity contribution in [2.24, 2.45) is 0 Å². The predicted octanol–water partition coefficient (Wildman–Crippen LogP) is 1.81. The molecule has 1 fully saturated rings. The summed E-state index contributed by atoms with van der Waals surface area (Å²) in [5, 5.41) is 12.5. The summed E-state index contributed by atoms with van der Waals surface area (Å²) in [6.45, 7) is 7.66. The summed E-state index contributed by atoms with van der Waals surface area (Å²) in [7, 11) is 1.84. The van der Waals surface area contributed by atoms with Crippen LogP contribution in [-0.2, 0) is 6.42 Å². The van der Waals surface area contributed by atoms with Crippen LogP contribution in [0.2, 0.25) is 0 Å². The number of aliphatic hydroxyl groups is 1. The van der Waals surface area contributed by atoms with Crippen LogP contribution in [0.25, 0.3) is 0 Å². The van der Waals surface area contributed by atoms with Gasteiger partial charge in [0.1, 0.15) is 0 Å². The molecule has 6 nitrogen and oxygen atoms in total. The Morgan fingerprint density at radius 2 is 2.20 bits per heavy atom. The highest BCUT2D eigenvalue weighted by Crippen LogP contribution is 2.11. The van der Waals surface area contributed by atoms with E-state index in [9.17, 15) is 9.90 Å². The maximum atomic E-state index is 12.3. The molecule has 0 saturated carbocycles. The summed E-state index contributed by atoms with van der Waals surface area (Å²) in [4.78, 5) is 20.8. The third-order valence-corrected chi connectivity index (χ3v) is 5.07. The molecule has 25 heavy (non-hydrogen) atoms. The molecule has 1 aromatic heterocycles. The van der Waals surface area contributed by atoms with Crippen LogP contribution in [0, 0.1) is 6.92 Å². The van der Waals surface area contributed by atoms with E-state index in [1.54, 1.807) is 11.1 Å². The SMILES string of the molecule is Cc1cccnc1C[C@@H](C)N(C)C(=O)NCCCN1CCC(O)CC1. The number of amides is 2. The maximum absolute atomic E-state index is 12.3. The number of carbonyl (C=O) groups excluding carboxylic acids is 1. The van der Waals surface area contributed by atoms with Crippen molar-refractivity contribution in [3.8, 4) is 0 Å². The van der Waals surface area contributed by atoms with Gasteiger partial charge in [-0.15, -0.1) is 0 Å². The predicted molar refractivity (Wildman–Crippen MR) is 99.6 cm³/mol. The second-order valence-electron chi connectivity index (χ2n) is 7.09. The number of aryl methyl sites for hydroxylation is 1. The number of pyridine rings is 1. The maximum Gasteiger partial charge on any atom is 0.317 e. The lowest BCUT2D eigenvalue weighted by Gasteiger charge is -2.29. The van der Waals surface area contributed by atoms with E-state index < -0.39 is 0 Å². The fourth-order valence-electron chi connectivity index (χ4n) is 3.11. The molecule has 0 spiro atoms. The molecule has 1 aromatic rings. The van der Waals surface area contributed by atoms with Crippen LogP contribution in [0.1, 0.15) is 37.4 Å². The zero-order chi connectivity index (χ0) is 18.2. The number of likely N-dealkylation sites (N-methyl/N-ethyl adjacent to an activating group) is 1. The van der Waals surface area contributed by atoms with E-state index in [4.69, 9.17) is 0 Å². The van der Waals surface area contributed by atoms with Gasteiger partial charge in [-0.25, -0.2) is 4.79 Å². The van der Waals surface area contributed by atoms with Crippen LogP contribution < -0.4 is 5.32 Å². The zero-order valence-corrected chi connectivity index (χ0v) is 15.7. The molecule has 0 radical (unpaired) electrons. The number of rotatable bonds is 7. The van der Waals surface area contributed by atoms with Gasteiger partial charge in [-0.1, -0.05) is 6.07 Å². The molecular weight excluding hydrogens is 316 g/mol. The minimum atomic E-state index is -0.131. The first-order valence-electron chi connectivity index (χ1n) is 9.29. The lowest BCUT2D eigenvalue weighted by molar-refractivity contribution is 0.0821. The van der Waals surface area contributed by atoms with Crippen LogP contribution in [0.4, 0.5) is 4.79 Å². The molecule has 2 rings (SSSR count). The topological polar surface area (TPSA) is 68.7 Å². The number of likely N-dealkylation sites (tertiary alicyclic amines) is 1. The second-order valence-corrected chi connectivity index (χ2v) is 7.09. The molecular formula is C19H32N4O2. The largest absolute Gasteiger partial charge is 0.393 e. The van der Waals surface area contributed by atoms with Crippen molar-refractivity contribution >= 4 is 6.03 Å². The highest BCUT2D eigenvalue weighted by Gasteiger charge is 2.18. The van der Waals surface area contributed by atoms with Crippen LogP contribution in [0.5, 0.6) is 0 Å². The molecule has 0 aromatic carbocycles. The number of hydrogen-bond acceptors (Lipinski definition) is 4. The molecule has 1 saturated heterocycles. The molecule has 140 valence electrons. The Kier molecular flexibility index (Phi) is 7.65. The summed E-state index contributed by atoms with van der Waals surface area (Å²) >= 11 is 0. The van der Waals surface area contributed by atoms with Gasteiger partial charge in [-0.05, 0) is 51.3 Å². The van der Waals surface area contributed by atoms with Crippen molar-refractivity contribution in [2.45, 2.75) is 51.7 Å². The normalized spacial score (nSPS) is 17.3. The highest BCUT2D eigenvalue weighted by atomic mass is 16.3. The zero-order valence-electron chi connectivity index (χ0n) is 15.7. The van der Waals surface area contributed by atoms with Gasteiger partial charge in [0.05, 0.1) is 6.10 Å². The fraction of sp³-hybridized carbons (Fsp3) is 0.684. The number of carbonyl (C=O) groups is 1. The van der Waals surface area contributed by atoms with E-state index in [2.05, 4.69) is 28.2 Å². The average molecular weight is 348 g/mol. The van der Waals surface area contributed by atoms with Crippen LogP contribution >= 0.6 is 0 Å². The molecule has 2 heterocycles. The van der Waals surface area contributed by atoms with Gasteiger partial charge in [0.2, 0.25) is 0 Å². The van der Waals surface area contributed by atoms with E-state index >= 15 is 0 Å². The Morgan fingerprint density at radius 3 is 2.88 bits per heavy atom. The van der Waals surface area contributed by atoms with Crippen molar-refractivity contribution in [2.75, 3.05) is 33.2 Å². The van der Waals surface area contributed by atoms with E-state index in [-0.39, 0.29) is 18.2 Å². The van der Waals surface area contributed by atoms with Crippen molar-refractivity contribution in [1.29, 1.82) is 0 Å². The molecule has 2 amide bonds. The smallest absolute Gasteiger partial charge is 0.317 e. The van der Waals surface area contributed by atoms with Gasteiger partial charge < -0.3 is 20.2 Å². The number of piperidine rings is 1. The lowest BCUT2D eigenvalue weighted by atomic mass is 10.1. The molecule has 0 aliphatic carbocycles. The molecule has 6 heteroatoms. The Bertz CT molecular complexity index is 544. The van der Waals surface area contributed by atoms with Gasteiger partial charge in [0, 0.05) is 51.0 Å². The van der Waals surface area contributed by atoms with Crippen LogP contribution in [0.15, 0.2) is 18.3 Å². The molecule has 0 unspecified atom stereocenters. The lowest BCUT2D eigenvalue weighted by Crippen LogP contribution is -2.44. The summed E-state index contributed by atoms with van der Waals surface area (Å²) < 4.78 is 0. The number of aliphatic hydroxyl groups excluding tert-OH is 1. The number of urea groups is 1. The van der Waals surface area contributed by atoms with E-state index in [0.717, 1.165) is 56.6 Å². The van der Waals surface area contributed by atoms with Crippen molar-refractivity contribution < 1.29 is 9.90 Å². The van der Waals surface area contributed by atoms with Crippen molar-refractivity contribution in [3.63, 3.8) is 0 Å². The molecule has 2 N–H and O–H groups in total. The second kappa shape index (κ2) is 9.73. The minimum absolute atomic E-state index is 0.0323. The van der Waals surface area contributed by atoms with Gasteiger partial charge in [0.15, 0.2) is 0 Å². The first kappa shape index (κ1) is 19.7. The Balaban J connectivity index is 1.66. The van der Waals surface area contributed by atoms with Crippen LogP contribution in [0.3, 0.4) is 0 Å². The first-order valence-corrected chi connectivity index (χ1v) is 9.29. The molecule has 1 aliphatic rings. The summed E-state index contributed by atoms with van der Waals surface area (Å²) in [5.74, 6) is 0. The summed E-state index contributed by atoms with van der Waals surface area (Å²) in [6, 6.07) is 4.05. The van der Waals surface area contributed by atoms with E-state index in [1.165, 1.54) is 0 Å². The Hall–Kier alpha value is -1.66. The minimum Gasteiger partial charge on any atom is -0.393 e. The van der Waals surface area contributed by atoms with E-state index in [1.807, 2.05) is 20.0 Å². The summed E-state index contributed by atoms with van der Waals surface area (Å²) in [5.41, 5.74) is 2.21. The third-order valence-electron chi connectivity index (χ3n) is 5.07. The molecule has 1 atom stereocenters. The molecule has 0 bridgehead atoms. The monoisotopic (exact) mass is 348 g/mol. The van der Waals surface area contributed by atoms with Crippen molar-refractivity contribution in [3.05, 3.63) is 29.6 Å². The van der Waals surface area contributed by atoms with Gasteiger partial charge in [-0.2, -0.15) is 0 Å². The third kappa shape index (κ3) is 6.29. The fourth-order valence-corrected chi connectivity index (χ4v) is 3.11. The first-order chi connectivity index (χ1) is 12.0. The number of aromatic nitrogens is 1. The quantitative estimate of drug-likeness (QED) is 0.738. The molecule has 1 aliphatic heterocycles.